The standard InChI is InChI=1S/C22H16F3N3O4S/c23-22(24,25)32-18-3-1-2-4-19(18)33(30,31)17-8-5-15(6-9-17)13-27-21(29)16-7-10-20-26-11-12-28(20)14-16/h1-12,14H,13H2,(H,27,29). The summed E-state index contributed by atoms with van der Waals surface area (Å²) in [6, 6.07) is 13.3. The van der Waals surface area contributed by atoms with Crippen molar-refractivity contribution >= 4 is 21.4 Å². The number of nitrogens with zero attached hydrogens (tertiary/aromatic N) is 2. The molecule has 0 fully saturated rings. The van der Waals surface area contributed by atoms with Gasteiger partial charge in [0.2, 0.25) is 9.84 Å². The Balaban J connectivity index is 1.48. The molecule has 0 aliphatic rings. The van der Waals surface area contributed by atoms with E-state index in [9.17, 15) is 26.4 Å². The molecule has 0 aliphatic carbocycles. The van der Waals surface area contributed by atoms with Crippen molar-refractivity contribution in [3.05, 3.63) is 90.4 Å². The monoisotopic (exact) mass is 475 g/mol. The summed E-state index contributed by atoms with van der Waals surface area (Å²) in [5.41, 5.74) is 1.72. The topological polar surface area (TPSA) is 89.8 Å². The third-order valence-electron chi connectivity index (χ3n) is 4.70. The van der Waals surface area contributed by atoms with E-state index < -0.39 is 26.8 Å². The Hall–Kier alpha value is -3.86. The van der Waals surface area contributed by atoms with E-state index in [0.29, 0.717) is 16.8 Å². The van der Waals surface area contributed by atoms with Crippen molar-refractivity contribution in [1.29, 1.82) is 0 Å². The van der Waals surface area contributed by atoms with Gasteiger partial charge in [-0.2, -0.15) is 0 Å². The zero-order valence-electron chi connectivity index (χ0n) is 16.8. The van der Waals surface area contributed by atoms with Crippen LogP contribution in [-0.4, -0.2) is 30.1 Å². The zero-order chi connectivity index (χ0) is 23.6. The highest BCUT2D eigenvalue weighted by Crippen LogP contribution is 2.33. The van der Waals surface area contributed by atoms with E-state index in [1.807, 2.05) is 0 Å². The molecule has 2 aromatic carbocycles. The van der Waals surface area contributed by atoms with E-state index in [1.165, 1.54) is 36.4 Å². The SMILES string of the molecule is O=C(NCc1ccc(S(=O)(=O)c2ccccc2OC(F)(F)F)cc1)c1ccc2nccn2c1. The lowest BCUT2D eigenvalue weighted by molar-refractivity contribution is -0.275. The number of sulfone groups is 1. The maximum absolute atomic E-state index is 12.9. The fraction of sp³-hybridized carbons (Fsp3) is 0.0909. The van der Waals surface area contributed by atoms with Crippen LogP contribution in [0.5, 0.6) is 5.75 Å². The van der Waals surface area contributed by atoms with E-state index in [-0.39, 0.29) is 17.3 Å². The average molecular weight is 475 g/mol. The smallest absolute Gasteiger partial charge is 0.404 e. The number of carbonyl (C=O) groups excluding carboxylic acids is 1. The Morgan fingerprint density at radius 3 is 2.48 bits per heavy atom. The van der Waals surface area contributed by atoms with Gasteiger partial charge in [0, 0.05) is 25.1 Å². The molecule has 2 aromatic heterocycles. The number of nitrogens with one attached hydrogen (secondary N) is 1. The number of hydrogen-bond acceptors (Lipinski definition) is 5. The number of halogens is 3. The van der Waals surface area contributed by atoms with Crippen LogP contribution < -0.4 is 10.1 Å². The van der Waals surface area contributed by atoms with Gasteiger partial charge in [-0.15, -0.1) is 13.2 Å². The summed E-state index contributed by atoms with van der Waals surface area (Å²) in [4.78, 5) is 15.7. The maximum atomic E-state index is 12.9. The number of alkyl halides is 3. The van der Waals surface area contributed by atoms with Gasteiger partial charge in [0.1, 0.15) is 16.3 Å². The molecule has 4 aromatic rings. The van der Waals surface area contributed by atoms with E-state index in [0.717, 1.165) is 12.1 Å². The second-order valence-electron chi connectivity index (χ2n) is 6.94. The number of aromatic nitrogens is 2. The van der Waals surface area contributed by atoms with Crippen molar-refractivity contribution < 1.29 is 31.1 Å². The number of ether oxygens (including phenoxy) is 1. The minimum absolute atomic E-state index is 0.120. The molecule has 33 heavy (non-hydrogen) atoms. The summed E-state index contributed by atoms with van der Waals surface area (Å²) in [5.74, 6) is -1.14. The van der Waals surface area contributed by atoms with Gasteiger partial charge in [-0.05, 0) is 42.0 Å². The number of para-hydroxylation sites is 1. The van der Waals surface area contributed by atoms with Crippen molar-refractivity contribution in [2.45, 2.75) is 22.7 Å². The molecule has 0 bridgehead atoms. The van der Waals surface area contributed by atoms with E-state index >= 15 is 0 Å². The molecule has 0 radical (unpaired) electrons. The highest BCUT2D eigenvalue weighted by atomic mass is 32.2. The van der Waals surface area contributed by atoms with Crippen molar-refractivity contribution in [3.8, 4) is 5.75 Å². The molecular weight excluding hydrogens is 459 g/mol. The quantitative estimate of drug-likeness (QED) is 0.456. The number of amides is 1. The molecule has 4 rings (SSSR count). The number of carbonyl (C=O) groups is 1. The number of fused-ring (bicyclic) bond motifs is 1. The van der Waals surface area contributed by atoms with Gasteiger partial charge in [-0.25, -0.2) is 13.4 Å². The number of rotatable bonds is 6. The van der Waals surface area contributed by atoms with Gasteiger partial charge in [0.05, 0.1) is 10.5 Å². The molecule has 0 aliphatic heterocycles. The van der Waals surface area contributed by atoms with Gasteiger partial charge in [0.25, 0.3) is 5.91 Å². The van der Waals surface area contributed by atoms with Crippen molar-refractivity contribution in [1.82, 2.24) is 14.7 Å². The third-order valence-corrected chi connectivity index (χ3v) is 6.51. The predicted octanol–water partition coefficient (Wildman–Crippen LogP) is 4.00. The molecule has 170 valence electrons. The molecule has 2 heterocycles. The van der Waals surface area contributed by atoms with Crippen molar-refractivity contribution in [3.63, 3.8) is 0 Å². The van der Waals surface area contributed by atoms with E-state index in [1.54, 1.807) is 35.1 Å². The molecule has 0 saturated carbocycles. The fourth-order valence-electron chi connectivity index (χ4n) is 3.13. The first-order valence-corrected chi connectivity index (χ1v) is 11.0. The van der Waals surface area contributed by atoms with Gasteiger partial charge < -0.3 is 14.5 Å². The van der Waals surface area contributed by atoms with E-state index in [4.69, 9.17) is 0 Å². The lowest BCUT2D eigenvalue weighted by Gasteiger charge is -2.13. The minimum atomic E-state index is -5.03. The van der Waals surface area contributed by atoms with Crippen LogP contribution in [-0.2, 0) is 16.4 Å². The zero-order valence-corrected chi connectivity index (χ0v) is 17.6. The Morgan fingerprint density at radius 2 is 1.76 bits per heavy atom. The highest BCUT2D eigenvalue weighted by Gasteiger charge is 2.34. The van der Waals surface area contributed by atoms with Crippen LogP contribution >= 0.6 is 0 Å². The van der Waals surface area contributed by atoms with Crippen LogP contribution in [0.2, 0.25) is 0 Å². The number of hydrogen-bond donors (Lipinski definition) is 1. The lowest BCUT2D eigenvalue weighted by atomic mass is 10.2. The molecule has 1 N–H and O–H groups in total. The summed E-state index contributed by atoms with van der Waals surface area (Å²) < 4.78 is 69.2. The summed E-state index contributed by atoms with van der Waals surface area (Å²) in [5, 5.41) is 2.73. The average Bonchev–Trinajstić information content (AvgIpc) is 3.25. The van der Waals surface area contributed by atoms with Gasteiger partial charge in [0.15, 0.2) is 0 Å². The maximum Gasteiger partial charge on any atom is 0.573 e. The van der Waals surface area contributed by atoms with Crippen LogP contribution in [0.4, 0.5) is 13.2 Å². The lowest BCUT2D eigenvalue weighted by Crippen LogP contribution is -2.23. The summed E-state index contributed by atoms with van der Waals surface area (Å²) >= 11 is 0. The molecule has 0 unspecified atom stereocenters. The number of pyridine rings is 1. The molecule has 0 spiro atoms. The largest absolute Gasteiger partial charge is 0.573 e. The first-order valence-electron chi connectivity index (χ1n) is 9.53. The van der Waals surface area contributed by atoms with Crippen molar-refractivity contribution in [2.24, 2.45) is 0 Å². The highest BCUT2D eigenvalue weighted by molar-refractivity contribution is 7.91. The Morgan fingerprint density at radius 1 is 1.03 bits per heavy atom. The Labute approximate surface area is 186 Å². The molecule has 11 heteroatoms. The second kappa shape index (κ2) is 8.58. The van der Waals surface area contributed by atoms with E-state index in [2.05, 4.69) is 15.0 Å². The molecular formula is C22H16F3N3O4S. The molecule has 0 atom stereocenters. The third kappa shape index (κ3) is 4.98. The predicted molar refractivity (Wildman–Crippen MR) is 111 cm³/mol. The van der Waals surface area contributed by atoms with Crippen LogP contribution in [0, 0.1) is 0 Å². The molecule has 0 saturated heterocycles. The van der Waals surface area contributed by atoms with Gasteiger partial charge in [-0.3, -0.25) is 4.79 Å². The van der Waals surface area contributed by atoms with Gasteiger partial charge >= 0.3 is 6.36 Å². The van der Waals surface area contributed by atoms with Crippen LogP contribution in [0.15, 0.2) is 89.0 Å². The Kier molecular flexibility index (Phi) is 5.81. The number of benzene rings is 2. The second-order valence-corrected chi connectivity index (χ2v) is 8.85. The van der Waals surface area contributed by atoms with Crippen LogP contribution in [0.25, 0.3) is 5.65 Å². The van der Waals surface area contributed by atoms with Crippen molar-refractivity contribution in [2.75, 3.05) is 0 Å². The first-order chi connectivity index (χ1) is 15.6. The summed E-state index contributed by atoms with van der Waals surface area (Å²) in [7, 11) is -4.27. The molecule has 7 nitrogen and oxygen atoms in total. The molecule has 1 amide bonds. The Bertz CT molecular complexity index is 1410. The normalized spacial score (nSPS) is 12.0. The number of imidazole rings is 1. The first kappa shape index (κ1) is 22.3. The van der Waals surface area contributed by atoms with Crippen LogP contribution in [0.1, 0.15) is 15.9 Å². The van der Waals surface area contributed by atoms with Gasteiger partial charge in [-0.1, -0.05) is 24.3 Å². The summed E-state index contributed by atoms with van der Waals surface area (Å²) in [6.45, 7) is 0.120. The fourth-order valence-corrected chi connectivity index (χ4v) is 4.51. The minimum Gasteiger partial charge on any atom is -0.404 e. The van der Waals surface area contributed by atoms with Crippen LogP contribution in [0.3, 0.4) is 0 Å². The summed E-state index contributed by atoms with van der Waals surface area (Å²) in [6.07, 6.45) is -0.0761.